The second-order valence-corrected chi connectivity index (χ2v) is 3.95. The van der Waals surface area contributed by atoms with Gasteiger partial charge in [-0.3, -0.25) is 9.59 Å². The Hall–Kier alpha value is -1.43. The normalized spacial score (nSPS) is 14.1. The van der Waals surface area contributed by atoms with Crippen LogP contribution in [0.25, 0.3) is 0 Å². The molecule has 4 N–H and O–H groups in total. The van der Waals surface area contributed by atoms with Gasteiger partial charge in [0.1, 0.15) is 12.4 Å². The van der Waals surface area contributed by atoms with Crippen molar-refractivity contribution < 1.29 is 19.8 Å². The molecule has 6 heteroatoms. The van der Waals surface area contributed by atoms with Gasteiger partial charge in [-0.05, 0) is 6.07 Å². The molecule has 1 rings (SSSR count). The molecule has 17 heavy (non-hydrogen) atoms. The van der Waals surface area contributed by atoms with E-state index in [1.54, 1.807) is 6.07 Å². The lowest BCUT2D eigenvalue weighted by Gasteiger charge is -2.19. The van der Waals surface area contributed by atoms with E-state index in [4.69, 9.17) is 17.3 Å². The van der Waals surface area contributed by atoms with Crippen LogP contribution in [-0.2, 0) is 4.79 Å². The second-order valence-electron chi connectivity index (χ2n) is 3.54. The van der Waals surface area contributed by atoms with E-state index in [0.29, 0.717) is 6.29 Å². The summed E-state index contributed by atoms with van der Waals surface area (Å²) in [6.07, 6.45) is -2.73. The minimum Gasteiger partial charge on any atom is -0.390 e. The van der Waals surface area contributed by atoms with Gasteiger partial charge in [0.2, 0.25) is 5.91 Å². The number of halogens is 1. The van der Waals surface area contributed by atoms with E-state index in [0.717, 1.165) is 0 Å². The van der Waals surface area contributed by atoms with Gasteiger partial charge in [-0.2, -0.15) is 0 Å². The van der Waals surface area contributed by atoms with Crippen molar-refractivity contribution in [2.45, 2.75) is 18.6 Å². The summed E-state index contributed by atoms with van der Waals surface area (Å²) in [7, 11) is 0. The topological polar surface area (TPSA) is 101 Å². The Labute approximate surface area is 103 Å². The monoisotopic (exact) mass is 257 g/mol. The van der Waals surface area contributed by atoms with Crippen LogP contribution in [0.3, 0.4) is 0 Å². The first-order chi connectivity index (χ1) is 7.97. The zero-order valence-electron chi connectivity index (χ0n) is 8.84. The first kappa shape index (κ1) is 13.6. The maximum absolute atomic E-state index is 10.8. The van der Waals surface area contributed by atoms with Gasteiger partial charge in [0, 0.05) is 16.1 Å². The molecule has 0 aliphatic heterocycles. The van der Waals surface area contributed by atoms with Crippen molar-refractivity contribution in [1.82, 2.24) is 0 Å². The van der Waals surface area contributed by atoms with Crippen LogP contribution in [0, 0.1) is 0 Å². The molecule has 0 saturated carbocycles. The van der Waals surface area contributed by atoms with Gasteiger partial charge in [0.25, 0.3) is 0 Å². The van der Waals surface area contributed by atoms with Crippen LogP contribution in [0.5, 0.6) is 0 Å². The Morgan fingerprint density at radius 1 is 1.47 bits per heavy atom. The molecule has 0 aliphatic rings. The van der Waals surface area contributed by atoms with E-state index in [1.807, 2.05) is 0 Å². The number of amides is 1. The van der Waals surface area contributed by atoms with Crippen molar-refractivity contribution in [2.24, 2.45) is 5.73 Å². The number of hydrogen-bond donors (Lipinski definition) is 3. The summed E-state index contributed by atoms with van der Waals surface area (Å²) in [6.45, 7) is 0. The minimum absolute atomic E-state index is 0.0953. The summed E-state index contributed by atoms with van der Waals surface area (Å²) in [6, 6.07) is 4.47. The number of carbonyl (C=O) groups excluding carboxylic acids is 2. The van der Waals surface area contributed by atoms with Crippen LogP contribution in [0.4, 0.5) is 0 Å². The van der Waals surface area contributed by atoms with Crippen molar-refractivity contribution >= 4 is 23.8 Å². The number of primary amides is 1. The van der Waals surface area contributed by atoms with Crippen LogP contribution in [-0.4, -0.2) is 28.5 Å². The molecular formula is C11H12ClNO4. The summed E-state index contributed by atoms with van der Waals surface area (Å²) >= 11 is 5.84. The molecule has 1 aromatic carbocycles. The van der Waals surface area contributed by atoms with Crippen LogP contribution in [0.2, 0.25) is 5.02 Å². The molecular weight excluding hydrogens is 246 g/mol. The zero-order valence-corrected chi connectivity index (χ0v) is 9.59. The Balaban J connectivity index is 3.06. The Morgan fingerprint density at radius 2 is 2.12 bits per heavy atom. The van der Waals surface area contributed by atoms with Crippen LogP contribution < -0.4 is 5.73 Å². The number of carbonyl (C=O) groups is 2. The molecule has 0 fully saturated rings. The van der Waals surface area contributed by atoms with Crippen molar-refractivity contribution in [3.05, 3.63) is 34.3 Å². The number of rotatable bonds is 5. The van der Waals surface area contributed by atoms with Gasteiger partial charge < -0.3 is 15.9 Å². The first-order valence-corrected chi connectivity index (χ1v) is 5.23. The third-order valence-corrected chi connectivity index (χ3v) is 2.61. The molecule has 0 bridgehead atoms. The molecule has 5 nitrogen and oxygen atoms in total. The minimum atomic E-state index is -1.43. The number of aliphatic hydroxyl groups excluding tert-OH is 2. The summed E-state index contributed by atoms with van der Waals surface area (Å²) in [5.74, 6) is -0.753. The van der Waals surface area contributed by atoms with E-state index in [1.165, 1.54) is 12.1 Å². The van der Waals surface area contributed by atoms with E-state index < -0.39 is 24.5 Å². The van der Waals surface area contributed by atoms with E-state index >= 15 is 0 Å². The predicted molar refractivity (Wildman–Crippen MR) is 61.6 cm³/mol. The lowest BCUT2D eigenvalue weighted by atomic mass is 9.97. The van der Waals surface area contributed by atoms with Gasteiger partial charge in [-0.1, -0.05) is 23.7 Å². The highest BCUT2D eigenvalue weighted by atomic mass is 35.5. The van der Waals surface area contributed by atoms with Gasteiger partial charge in [0.15, 0.2) is 0 Å². The molecule has 0 heterocycles. The standard InChI is InChI=1S/C11H12ClNO4/c12-7-3-1-2-6(5-14)10(7)11(17)8(15)4-9(13)16/h1-3,5,8,11,15,17H,4H2,(H2,13,16). The third kappa shape index (κ3) is 3.26. The average Bonchev–Trinajstić information content (AvgIpc) is 2.26. The highest BCUT2D eigenvalue weighted by Gasteiger charge is 2.24. The summed E-state index contributed by atoms with van der Waals surface area (Å²) < 4.78 is 0. The Morgan fingerprint density at radius 3 is 2.65 bits per heavy atom. The fourth-order valence-corrected chi connectivity index (χ4v) is 1.77. The van der Waals surface area contributed by atoms with Crippen molar-refractivity contribution in [1.29, 1.82) is 0 Å². The van der Waals surface area contributed by atoms with E-state index in [2.05, 4.69) is 0 Å². The fourth-order valence-electron chi connectivity index (χ4n) is 1.48. The largest absolute Gasteiger partial charge is 0.390 e. The molecule has 2 unspecified atom stereocenters. The summed E-state index contributed by atoms with van der Waals surface area (Å²) in [5.41, 5.74) is 5.16. The molecule has 0 saturated heterocycles. The Bertz CT molecular complexity index is 435. The maximum atomic E-state index is 10.8. The van der Waals surface area contributed by atoms with Crippen molar-refractivity contribution in [3.8, 4) is 0 Å². The number of benzene rings is 1. The number of nitrogens with two attached hydrogens (primary N) is 1. The highest BCUT2D eigenvalue weighted by Crippen LogP contribution is 2.28. The molecule has 1 aromatic rings. The SMILES string of the molecule is NC(=O)CC(O)C(O)c1c(Cl)cccc1C=O. The first-order valence-electron chi connectivity index (χ1n) is 4.85. The van der Waals surface area contributed by atoms with Gasteiger partial charge in [-0.25, -0.2) is 0 Å². The van der Waals surface area contributed by atoms with E-state index in [9.17, 15) is 19.8 Å². The smallest absolute Gasteiger partial charge is 0.220 e. The Kier molecular flexibility index (Phi) is 4.62. The molecule has 2 atom stereocenters. The molecule has 92 valence electrons. The summed E-state index contributed by atoms with van der Waals surface area (Å²) in [4.78, 5) is 21.4. The van der Waals surface area contributed by atoms with Crippen LogP contribution in [0.1, 0.15) is 28.4 Å². The molecule has 0 aliphatic carbocycles. The van der Waals surface area contributed by atoms with E-state index in [-0.39, 0.29) is 16.1 Å². The number of aldehydes is 1. The zero-order chi connectivity index (χ0) is 13.0. The van der Waals surface area contributed by atoms with Gasteiger partial charge in [-0.15, -0.1) is 0 Å². The maximum Gasteiger partial charge on any atom is 0.220 e. The highest BCUT2D eigenvalue weighted by molar-refractivity contribution is 6.31. The van der Waals surface area contributed by atoms with Crippen LogP contribution in [0.15, 0.2) is 18.2 Å². The van der Waals surface area contributed by atoms with Crippen molar-refractivity contribution in [2.75, 3.05) is 0 Å². The molecule has 0 aromatic heterocycles. The predicted octanol–water partition coefficient (Wildman–Crippen LogP) is 0.422. The molecule has 0 radical (unpaired) electrons. The quantitative estimate of drug-likeness (QED) is 0.666. The summed E-state index contributed by atoms with van der Waals surface area (Å²) in [5, 5.41) is 19.5. The van der Waals surface area contributed by atoms with Crippen molar-refractivity contribution in [3.63, 3.8) is 0 Å². The average molecular weight is 258 g/mol. The second kappa shape index (κ2) is 5.77. The fraction of sp³-hybridized carbons (Fsp3) is 0.273. The number of hydrogen-bond acceptors (Lipinski definition) is 4. The van der Waals surface area contributed by atoms with Gasteiger partial charge in [0.05, 0.1) is 12.5 Å². The van der Waals surface area contributed by atoms with Crippen LogP contribution >= 0.6 is 11.6 Å². The third-order valence-electron chi connectivity index (χ3n) is 2.28. The lowest BCUT2D eigenvalue weighted by molar-refractivity contribution is -0.121. The molecule has 1 amide bonds. The number of aliphatic hydroxyl groups is 2. The van der Waals surface area contributed by atoms with Gasteiger partial charge >= 0.3 is 0 Å². The molecule has 0 spiro atoms. The lowest BCUT2D eigenvalue weighted by Crippen LogP contribution is -2.26.